The van der Waals surface area contributed by atoms with Gasteiger partial charge in [-0.25, -0.2) is 4.98 Å². The molecule has 0 aromatic carbocycles. The molecular formula is C15H23N3O2S. The van der Waals surface area contributed by atoms with Crippen LogP contribution < -0.4 is 5.73 Å². The summed E-state index contributed by atoms with van der Waals surface area (Å²) < 4.78 is 0. The van der Waals surface area contributed by atoms with Crippen molar-refractivity contribution < 1.29 is 9.59 Å². The van der Waals surface area contributed by atoms with Gasteiger partial charge in [0.2, 0.25) is 5.91 Å². The number of nitrogens with zero attached hydrogens (tertiary/aromatic N) is 2. The topological polar surface area (TPSA) is 76.3 Å². The lowest BCUT2D eigenvalue weighted by Gasteiger charge is -2.36. The lowest BCUT2D eigenvalue weighted by Crippen LogP contribution is -2.48. The monoisotopic (exact) mass is 309 g/mol. The molecule has 2 amide bonds. The molecule has 0 radical (unpaired) electrons. The molecule has 1 aromatic heterocycles. The van der Waals surface area contributed by atoms with E-state index in [0.717, 1.165) is 17.8 Å². The predicted octanol–water partition coefficient (Wildman–Crippen LogP) is 2.17. The van der Waals surface area contributed by atoms with Crippen LogP contribution in [0.2, 0.25) is 0 Å². The van der Waals surface area contributed by atoms with Crippen molar-refractivity contribution in [1.82, 2.24) is 9.88 Å². The molecule has 2 rings (SSSR count). The number of amides is 2. The third-order valence-electron chi connectivity index (χ3n) is 3.90. The highest BCUT2D eigenvalue weighted by Gasteiger charge is 2.33. The zero-order valence-corrected chi connectivity index (χ0v) is 13.9. The van der Waals surface area contributed by atoms with Crippen LogP contribution in [0.5, 0.6) is 0 Å². The van der Waals surface area contributed by atoms with Crippen LogP contribution in [0.25, 0.3) is 0 Å². The standard InChI is InChI=1S/C15H23N3O2S/c1-9-5-6-10(12(16)19)8-18(9)13(20)11-7-17-14(21-11)15(2,3)4/h7,9-10H,5-6,8H2,1-4H3,(H2,16,19). The summed E-state index contributed by atoms with van der Waals surface area (Å²) in [6, 6.07) is 0.133. The Morgan fingerprint density at radius 3 is 2.57 bits per heavy atom. The molecule has 0 bridgehead atoms. The second-order valence-electron chi connectivity index (χ2n) is 6.76. The van der Waals surface area contributed by atoms with Gasteiger partial charge in [-0.1, -0.05) is 20.8 Å². The summed E-state index contributed by atoms with van der Waals surface area (Å²) in [5, 5.41) is 0.946. The van der Waals surface area contributed by atoms with E-state index in [1.165, 1.54) is 11.3 Å². The number of nitrogens with two attached hydrogens (primary N) is 1. The molecule has 0 spiro atoms. The van der Waals surface area contributed by atoms with E-state index in [1.807, 2.05) is 6.92 Å². The van der Waals surface area contributed by atoms with Crippen molar-refractivity contribution in [2.24, 2.45) is 11.7 Å². The van der Waals surface area contributed by atoms with Gasteiger partial charge in [0.25, 0.3) is 5.91 Å². The number of carbonyl (C=O) groups excluding carboxylic acids is 2. The summed E-state index contributed by atoms with van der Waals surface area (Å²) in [6.45, 7) is 8.66. The van der Waals surface area contributed by atoms with E-state index >= 15 is 0 Å². The highest BCUT2D eigenvalue weighted by atomic mass is 32.1. The van der Waals surface area contributed by atoms with Gasteiger partial charge in [0.1, 0.15) is 4.88 Å². The van der Waals surface area contributed by atoms with Gasteiger partial charge in [-0.2, -0.15) is 0 Å². The number of rotatable bonds is 2. The molecule has 1 aliphatic rings. The van der Waals surface area contributed by atoms with Crippen molar-refractivity contribution in [2.75, 3.05) is 6.54 Å². The number of hydrogen-bond donors (Lipinski definition) is 1. The maximum Gasteiger partial charge on any atom is 0.265 e. The molecule has 1 aliphatic heterocycles. The number of aromatic nitrogens is 1. The van der Waals surface area contributed by atoms with Crippen LogP contribution in [0.1, 0.15) is 55.2 Å². The Hall–Kier alpha value is -1.43. The Morgan fingerprint density at radius 1 is 1.38 bits per heavy atom. The van der Waals surface area contributed by atoms with Crippen molar-refractivity contribution in [3.05, 3.63) is 16.1 Å². The number of piperidine rings is 1. The van der Waals surface area contributed by atoms with E-state index in [9.17, 15) is 9.59 Å². The molecule has 2 heterocycles. The van der Waals surface area contributed by atoms with Gasteiger partial charge in [-0.3, -0.25) is 9.59 Å². The largest absolute Gasteiger partial charge is 0.369 e. The van der Waals surface area contributed by atoms with Crippen LogP contribution in [0, 0.1) is 5.92 Å². The van der Waals surface area contributed by atoms with Crippen molar-refractivity contribution in [2.45, 2.75) is 52.0 Å². The Bertz CT molecular complexity index is 547. The number of likely N-dealkylation sites (tertiary alicyclic amines) is 1. The molecule has 1 aromatic rings. The molecule has 2 N–H and O–H groups in total. The molecule has 6 heteroatoms. The number of primary amides is 1. The van der Waals surface area contributed by atoms with Crippen molar-refractivity contribution >= 4 is 23.2 Å². The van der Waals surface area contributed by atoms with E-state index in [-0.39, 0.29) is 29.2 Å². The minimum Gasteiger partial charge on any atom is -0.369 e. The first kappa shape index (κ1) is 15.9. The predicted molar refractivity (Wildman–Crippen MR) is 83.2 cm³/mol. The minimum absolute atomic E-state index is 0.0403. The molecule has 0 aliphatic carbocycles. The Kier molecular flexibility index (Phi) is 4.37. The van der Waals surface area contributed by atoms with Crippen LogP contribution in [0.3, 0.4) is 0 Å². The molecule has 5 nitrogen and oxygen atoms in total. The fourth-order valence-corrected chi connectivity index (χ4v) is 3.41. The maximum absolute atomic E-state index is 12.7. The van der Waals surface area contributed by atoms with Gasteiger partial charge in [0.05, 0.1) is 17.1 Å². The average Bonchev–Trinajstić information content (AvgIpc) is 2.87. The molecule has 1 saturated heterocycles. The van der Waals surface area contributed by atoms with Crippen molar-refractivity contribution in [3.63, 3.8) is 0 Å². The fourth-order valence-electron chi connectivity index (χ4n) is 2.48. The zero-order chi connectivity index (χ0) is 15.8. The maximum atomic E-state index is 12.7. The molecule has 2 unspecified atom stereocenters. The first-order chi connectivity index (χ1) is 9.70. The SMILES string of the molecule is CC1CCC(C(N)=O)CN1C(=O)c1cnc(C(C)(C)C)s1. The lowest BCUT2D eigenvalue weighted by molar-refractivity contribution is -0.123. The second-order valence-corrected chi connectivity index (χ2v) is 7.79. The van der Waals surface area contributed by atoms with Crippen LogP contribution in [-0.4, -0.2) is 34.3 Å². The summed E-state index contributed by atoms with van der Waals surface area (Å²) in [5.74, 6) is -0.596. The molecular weight excluding hydrogens is 286 g/mol. The van der Waals surface area contributed by atoms with Gasteiger partial charge >= 0.3 is 0 Å². The van der Waals surface area contributed by atoms with Crippen molar-refractivity contribution in [3.8, 4) is 0 Å². The quantitative estimate of drug-likeness (QED) is 0.909. The highest BCUT2D eigenvalue weighted by Crippen LogP contribution is 2.29. The summed E-state index contributed by atoms with van der Waals surface area (Å²) in [6.07, 6.45) is 3.22. The second kappa shape index (κ2) is 5.75. The number of carbonyl (C=O) groups is 2. The van der Waals surface area contributed by atoms with E-state index in [1.54, 1.807) is 11.1 Å². The number of thiazole rings is 1. The first-order valence-corrected chi connectivity index (χ1v) is 8.08. The highest BCUT2D eigenvalue weighted by molar-refractivity contribution is 7.13. The first-order valence-electron chi connectivity index (χ1n) is 7.26. The van der Waals surface area contributed by atoms with Crippen LogP contribution in [-0.2, 0) is 10.2 Å². The third kappa shape index (κ3) is 3.43. The van der Waals surface area contributed by atoms with Gasteiger partial charge in [0, 0.05) is 18.0 Å². The van der Waals surface area contributed by atoms with Crippen LogP contribution >= 0.6 is 11.3 Å². The van der Waals surface area contributed by atoms with Crippen molar-refractivity contribution in [1.29, 1.82) is 0 Å². The van der Waals surface area contributed by atoms with Gasteiger partial charge in [-0.15, -0.1) is 11.3 Å². The van der Waals surface area contributed by atoms with Crippen LogP contribution in [0.15, 0.2) is 6.20 Å². The zero-order valence-electron chi connectivity index (χ0n) is 13.0. The fraction of sp³-hybridized carbons (Fsp3) is 0.667. The molecule has 116 valence electrons. The summed E-state index contributed by atoms with van der Waals surface area (Å²) >= 11 is 1.43. The smallest absolute Gasteiger partial charge is 0.265 e. The van der Waals surface area contributed by atoms with E-state index in [0.29, 0.717) is 11.4 Å². The van der Waals surface area contributed by atoms with Gasteiger partial charge in [-0.05, 0) is 19.8 Å². The van der Waals surface area contributed by atoms with Crippen LogP contribution in [0.4, 0.5) is 0 Å². The average molecular weight is 309 g/mol. The van der Waals surface area contributed by atoms with E-state index in [4.69, 9.17) is 5.73 Å². The normalized spacial score (nSPS) is 23.1. The summed E-state index contributed by atoms with van der Waals surface area (Å²) in [5.41, 5.74) is 5.33. The molecule has 21 heavy (non-hydrogen) atoms. The summed E-state index contributed by atoms with van der Waals surface area (Å²) in [4.78, 5) is 30.8. The molecule has 1 fully saturated rings. The Balaban J connectivity index is 2.18. The van der Waals surface area contributed by atoms with Gasteiger partial charge in [0.15, 0.2) is 0 Å². The van der Waals surface area contributed by atoms with E-state index < -0.39 is 0 Å². The Labute approximate surface area is 129 Å². The van der Waals surface area contributed by atoms with Gasteiger partial charge < -0.3 is 10.6 Å². The van der Waals surface area contributed by atoms with E-state index in [2.05, 4.69) is 25.8 Å². The number of hydrogen-bond acceptors (Lipinski definition) is 4. The molecule has 2 atom stereocenters. The Morgan fingerprint density at radius 2 is 2.05 bits per heavy atom. The molecule has 0 saturated carbocycles. The lowest BCUT2D eigenvalue weighted by atomic mass is 9.93. The summed E-state index contributed by atoms with van der Waals surface area (Å²) in [7, 11) is 0. The third-order valence-corrected chi connectivity index (χ3v) is 5.31. The minimum atomic E-state index is -0.320.